The number of halogens is 1. The van der Waals surface area contributed by atoms with Crippen molar-refractivity contribution in [1.29, 1.82) is 0 Å². The number of hydrogen-bond donors (Lipinski definition) is 1. The summed E-state index contributed by atoms with van der Waals surface area (Å²) in [6.07, 6.45) is 1.60. The molecule has 0 fully saturated rings. The van der Waals surface area contributed by atoms with Gasteiger partial charge in [0.25, 0.3) is 5.56 Å². The third kappa shape index (κ3) is 3.74. The highest BCUT2D eigenvalue weighted by Gasteiger charge is 2.25. The first-order valence-electron chi connectivity index (χ1n) is 9.64. The van der Waals surface area contributed by atoms with E-state index in [2.05, 4.69) is 10.1 Å². The summed E-state index contributed by atoms with van der Waals surface area (Å²) < 4.78 is 1.35. The fourth-order valence-electron chi connectivity index (χ4n) is 3.61. The number of nitrogens with one attached hydrogen (secondary N) is 1. The summed E-state index contributed by atoms with van der Waals surface area (Å²) in [6, 6.07) is 18.3. The van der Waals surface area contributed by atoms with Crippen molar-refractivity contribution in [2.45, 2.75) is 26.3 Å². The molecule has 0 bridgehead atoms. The highest BCUT2D eigenvalue weighted by Crippen LogP contribution is 2.28. The Morgan fingerprint density at radius 2 is 1.83 bits per heavy atom. The molecule has 1 N–H and O–H groups in total. The number of aryl methyl sites for hydroxylation is 1. The van der Waals surface area contributed by atoms with Crippen molar-refractivity contribution in [3.05, 3.63) is 99.1 Å². The van der Waals surface area contributed by atoms with Crippen LogP contribution in [0.4, 0.5) is 5.69 Å². The molecule has 6 nitrogen and oxygen atoms in total. The maximum atomic E-state index is 13.5. The van der Waals surface area contributed by atoms with Gasteiger partial charge in [0, 0.05) is 34.2 Å². The Morgan fingerprint density at radius 3 is 2.53 bits per heavy atom. The molecular formula is C23H21ClN4O2. The molecule has 4 rings (SSSR count). The van der Waals surface area contributed by atoms with Crippen molar-refractivity contribution in [3.8, 4) is 0 Å². The molecular weight excluding hydrogens is 400 g/mol. The summed E-state index contributed by atoms with van der Waals surface area (Å²) >= 11 is 6.03. The van der Waals surface area contributed by atoms with Crippen LogP contribution in [0.25, 0.3) is 5.65 Å². The van der Waals surface area contributed by atoms with Gasteiger partial charge < -0.3 is 4.90 Å². The molecule has 4 aromatic rings. The van der Waals surface area contributed by atoms with Crippen LogP contribution >= 0.6 is 11.6 Å². The summed E-state index contributed by atoms with van der Waals surface area (Å²) in [6.45, 7) is 3.72. The van der Waals surface area contributed by atoms with Gasteiger partial charge in [-0.25, -0.2) is 9.50 Å². The predicted octanol–water partition coefficient (Wildman–Crippen LogP) is 4.32. The van der Waals surface area contributed by atoms with Crippen molar-refractivity contribution in [2.24, 2.45) is 0 Å². The van der Waals surface area contributed by atoms with E-state index in [1.807, 2.05) is 49.4 Å². The van der Waals surface area contributed by atoms with Crippen LogP contribution in [-0.2, 0) is 11.2 Å². The largest absolute Gasteiger partial charge is 0.305 e. The molecule has 1 amide bonds. The van der Waals surface area contributed by atoms with Crippen molar-refractivity contribution in [2.75, 3.05) is 4.90 Å². The first-order valence-corrected chi connectivity index (χ1v) is 10.0. The lowest BCUT2D eigenvalue weighted by molar-refractivity contribution is -0.118. The zero-order valence-electron chi connectivity index (χ0n) is 16.7. The van der Waals surface area contributed by atoms with Crippen LogP contribution in [0.3, 0.4) is 0 Å². The molecule has 1 unspecified atom stereocenters. The molecule has 2 aromatic heterocycles. The van der Waals surface area contributed by atoms with Crippen LogP contribution in [-0.4, -0.2) is 20.5 Å². The zero-order valence-corrected chi connectivity index (χ0v) is 17.4. The van der Waals surface area contributed by atoms with Gasteiger partial charge in [-0.2, -0.15) is 0 Å². The monoisotopic (exact) mass is 420 g/mol. The van der Waals surface area contributed by atoms with Gasteiger partial charge in [0.15, 0.2) is 5.65 Å². The zero-order chi connectivity index (χ0) is 21.3. The SMILES string of the molecule is Cc1nc2cc[nH]n2c(=O)c1CC(=O)N(c1ccccc1)C(C)c1ccc(Cl)cc1. The van der Waals surface area contributed by atoms with Crippen LogP contribution in [0.1, 0.15) is 29.8 Å². The van der Waals surface area contributed by atoms with Gasteiger partial charge in [-0.15, -0.1) is 0 Å². The van der Waals surface area contributed by atoms with Crippen LogP contribution in [0.2, 0.25) is 5.02 Å². The standard InChI is InChI=1S/C23H21ClN4O2/c1-15-20(23(30)28-21(26-15)12-13-25-28)14-22(29)27(19-6-4-3-5-7-19)16(2)17-8-10-18(24)11-9-17/h3-13,16,25H,14H2,1-2H3. The highest BCUT2D eigenvalue weighted by molar-refractivity contribution is 6.30. The van der Waals surface area contributed by atoms with E-state index in [1.165, 1.54) is 4.52 Å². The second-order valence-electron chi connectivity index (χ2n) is 7.14. The van der Waals surface area contributed by atoms with E-state index in [-0.39, 0.29) is 23.9 Å². The molecule has 2 aromatic carbocycles. The molecule has 1 atom stereocenters. The Balaban J connectivity index is 1.73. The number of anilines is 1. The predicted molar refractivity (Wildman–Crippen MR) is 118 cm³/mol. The molecule has 30 heavy (non-hydrogen) atoms. The van der Waals surface area contributed by atoms with Gasteiger partial charge in [0.1, 0.15) is 0 Å². The molecule has 0 saturated heterocycles. The fourth-order valence-corrected chi connectivity index (χ4v) is 3.73. The highest BCUT2D eigenvalue weighted by atomic mass is 35.5. The molecule has 0 radical (unpaired) electrons. The van der Waals surface area contributed by atoms with Gasteiger partial charge in [0.2, 0.25) is 5.91 Å². The van der Waals surface area contributed by atoms with Crippen molar-refractivity contribution in [1.82, 2.24) is 14.6 Å². The van der Waals surface area contributed by atoms with E-state index in [1.54, 1.807) is 36.2 Å². The molecule has 7 heteroatoms. The Morgan fingerprint density at radius 1 is 1.13 bits per heavy atom. The molecule has 0 aliphatic rings. The van der Waals surface area contributed by atoms with E-state index < -0.39 is 0 Å². The van der Waals surface area contributed by atoms with Crippen molar-refractivity contribution in [3.63, 3.8) is 0 Å². The van der Waals surface area contributed by atoms with Gasteiger partial charge >= 0.3 is 0 Å². The number of aromatic amines is 1. The Kier molecular flexibility index (Phi) is 5.42. The third-order valence-corrected chi connectivity index (χ3v) is 5.47. The quantitative estimate of drug-likeness (QED) is 0.522. The Hall–Kier alpha value is -3.38. The van der Waals surface area contributed by atoms with Gasteiger partial charge in [-0.05, 0) is 43.7 Å². The van der Waals surface area contributed by atoms with E-state index in [9.17, 15) is 9.59 Å². The summed E-state index contributed by atoms with van der Waals surface area (Å²) in [5.41, 5.74) is 2.91. The number of para-hydroxylation sites is 1. The lowest BCUT2D eigenvalue weighted by Gasteiger charge is -2.30. The first kappa shape index (κ1) is 19.9. The van der Waals surface area contributed by atoms with E-state index in [0.717, 1.165) is 11.3 Å². The maximum Gasteiger partial charge on any atom is 0.276 e. The topological polar surface area (TPSA) is 70.5 Å². The average Bonchev–Trinajstić information content (AvgIpc) is 3.21. The molecule has 0 spiro atoms. The van der Waals surface area contributed by atoms with Gasteiger partial charge in [-0.1, -0.05) is 41.9 Å². The maximum absolute atomic E-state index is 13.5. The second kappa shape index (κ2) is 8.16. The number of hydrogen-bond acceptors (Lipinski definition) is 3. The summed E-state index contributed by atoms with van der Waals surface area (Å²) in [7, 11) is 0. The number of carbonyl (C=O) groups excluding carboxylic acids is 1. The van der Waals surface area contributed by atoms with Crippen LogP contribution in [0.15, 0.2) is 71.7 Å². The third-order valence-electron chi connectivity index (χ3n) is 5.22. The number of rotatable bonds is 5. The van der Waals surface area contributed by atoms with Crippen molar-refractivity contribution < 1.29 is 4.79 Å². The molecule has 152 valence electrons. The minimum Gasteiger partial charge on any atom is -0.305 e. The molecule has 0 aliphatic carbocycles. The number of H-pyrrole nitrogens is 1. The second-order valence-corrected chi connectivity index (χ2v) is 7.58. The minimum atomic E-state index is -0.261. The number of carbonyl (C=O) groups is 1. The number of benzene rings is 2. The average molecular weight is 421 g/mol. The summed E-state index contributed by atoms with van der Waals surface area (Å²) in [4.78, 5) is 32.5. The van der Waals surface area contributed by atoms with Crippen molar-refractivity contribution >= 4 is 28.8 Å². The Labute approximate surface area is 178 Å². The first-order chi connectivity index (χ1) is 14.5. The number of aromatic nitrogens is 3. The molecule has 0 aliphatic heterocycles. The Bertz CT molecular complexity index is 1250. The van der Waals surface area contributed by atoms with Crippen LogP contribution in [0, 0.1) is 6.92 Å². The van der Waals surface area contributed by atoms with Gasteiger partial charge in [-0.3, -0.25) is 14.7 Å². The molecule has 2 heterocycles. The lowest BCUT2D eigenvalue weighted by atomic mass is 10.0. The van der Waals surface area contributed by atoms with E-state index in [0.29, 0.717) is 21.9 Å². The lowest BCUT2D eigenvalue weighted by Crippen LogP contribution is -2.37. The smallest absolute Gasteiger partial charge is 0.276 e. The van der Waals surface area contributed by atoms with E-state index >= 15 is 0 Å². The summed E-state index contributed by atoms with van der Waals surface area (Å²) in [5.74, 6) is -0.183. The number of fused-ring (bicyclic) bond motifs is 1. The van der Waals surface area contributed by atoms with E-state index in [4.69, 9.17) is 11.6 Å². The fraction of sp³-hybridized carbons (Fsp3) is 0.174. The molecule has 0 saturated carbocycles. The summed E-state index contributed by atoms with van der Waals surface area (Å²) in [5, 5.41) is 3.48. The number of amides is 1. The van der Waals surface area contributed by atoms with Crippen LogP contribution < -0.4 is 10.5 Å². The van der Waals surface area contributed by atoms with Gasteiger partial charge in [0.05, 0.1) is 12.5 Å². The minimum absolute atomic E-state index is 0.0492. The normalized spacial score (nSPS) is 12.1. The van der Waals surface area contributed by atoms with Crippen LogP contribution in [0.5, 0.6) is 0 Å². The number of nitrogens with zero attached hydrogens (tertiary/aromatic N) is 3.